The number of hydrogen-bond acceptors (Lipinski definition) is 4. The number of amides is 1. The molecule has 2 aromatic rings. The molecule has 2 rings (SSSR count). The molecule has 0 aliphatic rings. The predicted molar refractivity (Wildman–Crippen MR) is 87.1 cm³/mol. The average Bonchev–Trinajstić information content (AvgIpc) is 2.93. The van der Waals surface area contributed by atoms with Gasteiger partial charge in [-0.1, -0.05) is 38.1 Å². The van der Waals surface area contributed by atoms with Crippen LogP contribution in [0.15, 0.2) is 29.6 Å². The van der Waals surface area contributed by atoms with Crippen molar-refractivity contribution in [3.63, 3.8) is 0 Å². The Bertz CT molecular complexity index is 662. The van der Waals surface area contributed by atoms with Gasteiger partial charge >= 0.3 is 5.97 Å². The van der Waals surface area contributed by atoms with Gasteiger partial charge in [-0.05, 0) is 11.5 Å². The molecule has 5 nitrogen and oxygen atoms in total. The third kappa shape index (κ3) is 4.39. The summed E-state index contributed by atoms with van der Waals surface area (Å²) in [7, 11) is 0. The van der Waals surface area contributed by atoms with E-state index in [1.807, 2.05) is 17.5 Å². The van der Waals surface area contributed by atoms with Crippen molar-refractivity contribution in [3.8, 4) is 11.3 Å². The smallest absolute Gasteiger partial charge is 0.303 e. The minimum absolute atomic E-state index is 0.0483. The van der Waals surface area contributed by atoms with E-state index < -0.39 is 5.97 Å². The molecule has 0 atom stereocenters. The molecule has 1 aromatic carbocycles. The van der Waals surface area contributed by atoms with E-state index in [4.69, 9.17) is 5.11 Å². The Kier molecular flexibility index (Phi) is 5.27. The molecular formula is C16H18N2O3S. The zero-order chi connectivity index (χ0) is 16.1. The fraction of sp³-hybridized carbons (Fsp3) is 0.312. The van der Waals surface area contributed by atoms with Gasteiger partial charge in [-0.3, -0.25) is 9.59 Å². The summed E-state index contributed by atoms with van der Waals surface area (Å²) >= 11 is 1.33. The van der Waals surface area contributed by atoms with Gasteiger partial charge in [0, 0.05) is 17.4 Å². The monoisotopic (exact) mass is 318 g/mol. The van der Waals surface area contributed by atoms with Crippen molar-refractivity contribution in [1.82, 2.24) is 4.98 Å². The fourth-order valence-corrected chi connectivity index (χ4v) is 2.64. The van der Waals surface area contributed by atoms with Crippen LogP contribution in [0.4, 0.5) is 5.13 Å². The first-order chi connectivity index (χ1) is 10.5. The number of nitrogens with zero attached hydrogens (tertiary/aromatic N) is 1. The van der Waals surface area contributed by atoms with Crippen molar-refractivity contribution >= 4 is 28.3 Å². The summed E-state index contributed by atoms with van der Waals surface area (Å²) in [6.07, 6.45) is -0.228. The minimum Gasteiger partial charge on any atom is -0.481 e. The lowest BCUT2D eigenvalue weighted by Gasteiger charge is -2.05. The van der Waals surface area contributed by atoms with Gasteiger partial charge in [0.15, 0.2) is 5.13 Å². The number of carboxylic acids is 1. The summed E-state index contributed by atoms with van der Waals surface area (Å²) in [5, 5.41) is 13.5. The molecule has 0 unspecified atom stereocenters. The zero-order valence-electron chi connectivity index (χ0n) is 12.5. The number of carbonyl (C=O) groups is 2. The van der Waals surface area contributed by atoms with Crippen LogP contribution in [0.5, 0.6) is 0 Å². The summed E-state index contributed by atoms with van der Waals surface area (Å²) < 4.78 is 0. The van der Waals surface area contributed by atoms with E-state index in [2.05, 4.69) is 36.3 Å². The molecule has 22 heavy (non-hydrogen) atoms. The van der Waals surface area contributed by atoms with Crippen molar-refractivity contribution in [2.45, 2.75) is 32.6 Å². The topological polar surface area (TPSA) is 79.3 Å². The van der Waals surface area contributed by atoms with E-state index in [0.717, 1.165) is 11.3 Å². The lowest BCUT2D eigenvalue weighted by Crippen LogP contribution is -2.12. The number of hydrogen-bond donors (Lipinski definition) is 2. The average molecular weight is 318 g/mol. The van der Waals surface area contributed by atoms with E-state index in [0.29, 0.717) is 11.0 Å². The van der Waals surface area contributed by atoms with E-state index >= 15 is 0 Å². The Hall–Kier alpha value is -2.21. The molecule has 0 saturated carbocycles. The van der Waals surface area contributed by atoms with Crippen LogP contribution < -0.4 is 5.32 Å². The van der Waals surface area contributed by atoms with E-state index in [-0.39, 0.29) is 18.7 Å². The molecule has 0 radical (unpaired) electrons. The summed E-state index contributed by atoms with van der Waals surface area (Å²) in [6.45, 7) is 4.28. The molecule has 1 heterocycles. The van der Waals surface area contributed by atoms with E-state index in [1.165, 1.54) is 16.9 Å². The molecule has 1 aromatic heterocycles. The summed E-state index contributed by atoms with van der Waals surface area (Å²) in [5.41, 5.74) is 3.06. The number of aromatic nitrogens is 1. The van der Waals surface area contributed by atoms with Crippen LogP contribution in [-0.4, -0.2) is 22.0 Å². The normalized spacial score (nSPS) is 10.7. The van der Waals surface area contributed by atoms with Crippen LogP contribution >= 0.6 is 11.3 Å². The molecule has 2 N–H and O–H groups in total. The molecule has 0 spiro atoms. The second-order valence-corrected chi connectivity index (χ2v) is 6.11. The molecule has 0 bridgehead atoms. The highest BCUT2D eigenvalue weighted by atomic mass is 32.1. The molecule has 116 valence electrons. The van der Waals surface area contributed by atoms with Crippen LogP contribution in [0.1, 0.15) is 38.2 Å². The maximum absolute atomic E-state index is 11.6. The molecule has 6 heteroatoms. The lowest BCUT2D eigenvalue weighted by atomic mass is 10.0. The summed E-state index contributed by atoms with van der Waals surface area (Å²) in [6, 6.07) is 8.18. The second kappa shape index (κ2) is 7.17. The van der Waals surface area contributed by atoms with E-state index in [1.54, 1.807) is 0 Å². The fourth-order valence-electron chi connectivity index (χ4n) is 1.90. The van der Waals surface area contributed by atoms with Gasteiger partial charge in [0.25, 0.3) is 0 Å². The molecular weight excluding hydrogens is 300 g/mol. The highest BCUT2D eigenvalue weighted by Crippen LogP contribution is 2.26. The van der Waals surface area contributed by atoms with Crippen LogP contribution in [-0.2, 0) is 9.59 Å². The van der Waals surface area contributed by atoms with Crippen LogP contribution in [0, 0.1) is 0 Å². The SMILES string of the molecule is CC(C)c1ccc(-c2csc(NC(=O)CCC(=O)O)n2)cc1. The Morgan fingerprint density at radius 3 is 2.50 bits per heavy atom. The minimum atomic E-state index is -0.986. The number of aliphatic carboxylic acids is 1. The lowest BCUT2D eigenvalue weighted by molar-refractivity contribution is -0.138. The Labute approximate surface area is 133 Å². The highest BCUT2D eigenvalue weighted by Gasteiger charge is 2.10. The van der Waals surface area contributed by atoms with Crippen LogP contribution in [0.25, 0.3) is 11.3 Å². The third-order valence-corrected chi connectivity index (χ3v) is 3.95. The number of nitrogens with one attached hydrogen (secondary N) is 1. The van der Waals surface area contributed by atoms with E-state index in [9.17, 15) is 9.59 Å². The third-order valence-electron chi connectivity index (χ3n) is 3.19. The maximum Gasteiger partial charge on any atom is 0.303 e. The van der Waals surface area contributed by atoms with Crippen molar-refractivity contribution in [1.29, 1.82) is 0 Å². The van der Waals surface area contributed by atoms with Crippen molar-refractivity contribution in [2.75, 3.05) is 5.32 Å². The number of anilines is 1. The van der Waals surface area contributed by atoms with Gasteiger partial charge in [-0.15, -0.1) is 11.3 Å². The molecule has 0 aliphatic heterocycles. The molecule has 0 saturated heterocycles. The maximum atomic E-state index is 11.6. The Morgan fingerprint density at radius 1 is 1.23 bits per heavy atom. The summed E-state index contributed by atoms with van der Waals surface area (Å²) in [4.78, 5) is 26.4. The molecule has 0 fully saturated rings. The van der Waals surface area contributed by atoms with Gasteiger partial charge in [0.1, 0.15) is 0 Å². The van der Waals surface area contributed by atoms with Gasteiger partial charge < -0.3 is 10.4 Å². The number of rotatable bonds is 6. The van der Waals surface area contributed by atoms with Gasteiger partial charge in [-0.2, -0.15) is 0 Å². The first kappa shape index (κ1) is 16.2. The molecule has 1 amide bonds. The Morgan fingerprint density at radius 2 is 1.91 bits per heavy atom. The first-order valence-corrected chi connectivity index (χ1v) is 7.91. The van der Waals surface area contributed by atoms with Crippen molar-refractivity contribution in [3.05, 3.63) is 35.2 Å². The van der Waals surface area contributed by atoms with Gasteiger partial charge in [0.05, 0.1) is 12.1 Å². The highest BCUT2D eigenvalue weighted by molar-refractivity contribution is 7.14. The van der Waals surface area contributed by atoms with Crippen LogP contribution in [0.2, 0.25) is 0 Å². The van der Waals surface area contributed by atoms with Crippen molar-refractivity contribution in [2.24, 2.45) is 0 Å². The number of benzene rings is 1. The largest absolute Gasteiger partial charge is 0.481 e. The first-order valence-electron chi connectivity index (χ1n) is 7.03. The zero-order valence-corrected chi connectivity index (χ0v) is 13.3. The standard InChI is InChI=1S/C16H18N2O3S/c1-10(2)11-3-5-12(6-4-11)13-9-22-16(17-13)18-14(19)7-8-15(20)21/h3-6,9-10H,7-8H2,1-2H3,(H,20,21)(H,17,18,19). The predicted octanol–water partition coefficient (Wildman–Crippen LogP) is 3.74. The number of carbonyl (C=O) groups excluding carboxylic acids is 1. The van der Waals surface area contributed by atoms with Crippen molar-refractivity contribution < 1.29 is 14.7 Å². The summed E-state index contributed by atoms with van der Waals surface area (Å²) in [5.74, 6) is -0.841. The second-order valence-electron chi connectivity index (χ2n) is 5.26. The van der Waals surface area contributed by atoms with Gasteiger partial charge in [-0.25, -0.2) is 4.98 Å². The van der Waals surface area contributed by atoms with Gasteiger partial charge in [0.2, 0.25) is 5.91 Å². The molecule has 0 aliphatic carbocycles. The van der Waals surface area contributed by atoms with Crippen LogP contribution in [0.3, 0.4) is 0 Å². The quantitative estimate of drug-likeness (QED) is 0.850. The number of carboxylic acid groups (broad SMARTS) is 1. The number of thiazole rings is 1. The Balaban J connectivity index is 2.01.